The molecule has 1 fully saturated rings. The zero-order chi connectivity index (χ0) is 19.2. The van der Waals surface area contributed by atoms with Crippen LogP contribution in [0.2, 0.25) is 0 Å². The van der Waals surface area contributed by atoms with Crippen molar-refractivity contribution in [3.05, 3.63) is 77.0 Å². The second kappa shape index (κ2) is 8.87. The molecule has 3 rings (SSSR count). The number of rotatable bonds is 4. The second-order valence-electron chi connectivity index (χ2n) is 6.68. The van der Waals surface area contributed by atoms with Gasteiger partial charge in [-0.2, -0.15) is 0 Å². The average Bonchev–Trinajstić information content (AvgIpc) is 2.72. The number of benzene rings is 2. The van der Waals surface area contributed by atoms with Crippen molar-refractivity contribution in [1.29, 1.82) is 0 Å². The standard InChI is InChI=1S/C22H23ClN2O2/c1-16-10-6-7-13-18(16)19(23)20(22(27)25-14-8-3-9-15-25)24-21(26)17-11-4-2-5-12-17/h2,4-7,10-13H,3,8-9,14-15H2,1H3,(H,24,26)/b20-19+. The number of nitrogens with zero attached hydrogens (tertiary/aromatic N) is 1. The third kappa shape index (κ3) is 4.58. The van der Waals surface area contributed by atoms with Crippen molar-refractivity contribution in [2.24, 2.45) is 0 Å². The van der Waals surface area contributed by atoms with Crippen LogP contribution in [0.4, 0.5) is 0 Å². The van der Waals surface area contributed by atoms with Crippen LogP contribution in [0.25, 0.3) is 5.03 Å². The lowest BCUT2D eigenvalue weighted by Crippen LogP contribution is -2.41. The van der Waals surface area contributed by atoms with Crippen LogP contribution in [0, 0.1) is 6.92 Å². The smallest absolute Gasteiger partial charge is 0.271 e. The van der Waals surface area contributed by atoms with Gasteiger partial charge in [0.15, 0.2) is 0 Å². The van der Waals surface area contributed by atoms with E-state index in [4.69, 9.17) is 11.6 Å². The lowest BCUT2D eigenvalue weighted by molar-refractivity contribution is -0.128. The first-order valence-electron chi connectivity index (χ1n) is 9.19. The quantitative estimate of drug-likeness (QED) is 0.799. The molecule has 0 unspecified atom stereocenters. The van der Waals surface area contributed by atoms with Crippen LogP contribution in [0.5, 0.6) is 0 Å². The van der Waals surface area contributed by atoms with E-state index in [1.54, 1.807) is 29.2 Å². The Bertz CT molecular complexity index is 856. The Balaban J connectivity index is 1.98. The minimum Gasteiger partial charge on any atom is -0.337 e. The summed E-state index contributed by atoms with van der Waals surface area (Å²) < 4.78 is 0. The molecule has 0 radical (unpaired) electrons. The fourth-order valence-corrected chi connectivity index (χ4v) is 3.53. The molecule has 5 heteroatoms. The lowest BCUT2D eigenvalue weighted by Gasteiger charge is -2.28. The van der Waals surface area contributed by atoms with E-state index < -0.39 is 0 Å². The summed E-state index contributed by atoms with van der Waals surface area (Å²) in [6.07, 6.45) is 3.05. The van der Waals surface area contributed by atoms with E-state index in [0.29, 0.717) is 18.7 Å². The molecule has 0 bridgehead atoms. The fourth-order valence-electron chi connectivity index (χ4n) is 3.19. The summed E-state index contributed by atoms with van der Waals surface area (Å²) in [4.78, 5) is 27.6. The number of hydrogen-bond acceptors (Lipinski definition) is 2. The van der Waals surface area contributed by atoms with Crippen molar-refractivity contribution in [2.75, 3.05) is 13.1 Å². The maximum absolute atomic E-state index is 13.2. The first kappa shape index (κ1) is 19.2. The van der Waals surface area contributed by atoms with E-state index in [1.165, 1.54) is 0 Å². The normalized spacial score (nSPS) is 15.1. The van der Waals surface area contributed by atoms with Crippen LogP contribution in [0.1, 0.15) is 40.7 Å². The number of halogens is 1. The predicted molar refractivity (Wildman–Crippen MR) is 108 cm³/mol. The Labute approximate surface area is 164 Å². The Kier molecular flexibility index (Phi) is 6.30. The summed E-state index contributed by atoms with van der Waals surface area (Å²) in [6, 6.07) is 16.4. The van der Waals surface area contributed by atoms with Gasteiger partial charge in [0.05, 0.1) is 5.03 Å². The second-order valence-corrected chi connectivity index (χ2v) is 7.05. The highest BCUT2D eigenvalue weighted by atomic mass is 35.5. The zero-order valence-corrected chi connectivity index (χ0v) is 16.1. The van der Waals surface area contributed by atoms with Crippen LogP contribution < -0.4 is 5.32 Å². The molecular formula is C22H23ClN2O2. The van der Waals surface area contributed by atoms with E-state index in [-0.39, 0.29) is 22.5 Å². The van der Waals surface area contributed by atoms with Crippen LogP contribution >= 0.6 is 11.6 Å². The summed E-state index contributed by atoms with van der Waals surface area (Å²) in [5.41, 5.74) is 2.31. The molecule has 2 amide bonds. The summed E-state index contributed by atoms with van der Waals surface area (Å²) >= 11 is 6.64. The lowest BCUT2D eigenvalue weighted by atomic mass is 10.1. The monoisotopic (exact) mass is 382 g/mol. The summed E-state index contributed by atoms with van der Waals surface area (Å²) in [5, 5.41) is 3.04. The molecule has 1 heterocycles. The minimum atomic E-state index is -0.345. The summed E-state index contributed by atoms with van der Waals surface area (Å²) in [7, 11) is 0. The number of hydrogen-bond donors (Lipinski definition) is 1. The molecule has 1 aliphatic rings. The van der Waals surface area contributed by atoms with Gasteiger partial charge in [0.1, 0.15) is 5.70 Å². The topological polar surface area (TPSA) is 49.4 Å². The molecule has 0 aliphatic carbocycles. The molecule has 140 valence electrons. The predicted octanol–water partition coefficient (Wildman–Crippen LogP) is 4.34. The maximum Gasteiger partial charge on any atom is 0.271 e. The van der Waals surface area contributed by atoms with E-state index in [0.717, 1.165) is 30.4 Å². The molecule has 4 nitrogen and oxygen atoms in total. The molecule has 1 N–H and O–H groups in total. The number of carbonyl (C=O) groups is 2. The van der Waals surface area contributed by atoms with Crippen LogP contribution in [0.3, 0.4) is 0 Å². The number of nitrogens with one attached hydrogen (secondary N) is 1. The number of piperidine rings is 1. The molecule has 0 atom stereocenters. The van der Waals surface area contributed by atoms with Gasteiger partial charge in [-0.3, -0.25) is 9.59 Å². The number of likely N-dealkylation sites (tertiary alicyclic amines) is 1. The van der Waals surface area contributed by atoms with Crippen molar-refractivity contribution in [3.63, 3.8) is 0 Å². The van der Waals surface area contributed by atoms with Crippen LogP contribution in [-0.4, -0.2) is 29.8 Å². The van der Waals surface area contributed by atoms with Crippen molar-refractivity contribution in [1.82, 2.24) is 10.2 Å². The Morgan fingerprint density at radius 3 is 2.22 bits per heavy atom. The molecule has 1 saturated heterocycles. The third-order valence-electron chi connectivity index (χ3n) is 4.73. The first-order chi connectivity index (χ1) is 13.1. The number of aryl methyl sites for hydroxylation is 1. The van der Waals surface area contributed by atoms with Gasteiger partial charge in [0.2, 0.25) is 0 Å². The summed E-state index contributed by atoms with van der Waals surface area (Å²) in [5.74, 6) is -0.574. The van der Waals surface area contributed by atoms with Crippen molar-refractivity contribution < 1.29 is 9.59 Å². The van der Waals surface area contributed by atoms with Crippen molar-refractivity contribution in [2.45, 2.75) is 26.2 Å². The molecule has 2 aromatic carbocycles. The van der Waals surface area contributed by atoms with Crippen molar-refractivity contribution in [3.8, 4) is 0 Å². The molecule has 2 aromatic rings. The largest absolute Gasteiger partial charge is 0.337 e. The third-order valence-corrected chi connectivity index (χ3v) is 5.13. The highest BCUT2D eigenvalue weighted by molar-refractivity contribution is 6.51. The van der Waals surface area contributed by atoms with Gasteiger partial charge in [-0.1, -0.05) is 54.1 Å². The first-order valence-corrected chi connectivity index (χ1v) is 9.57. The van der Waals surface area contributed by atoms with E-state index in [1.807, 2.05) is 37.3 Å². The number of amides is 2. The zero-order valence-electron chi connectivity index (χ0n) is 15.4. The van der Waals surface area contributed by atoms with Crippen LogP contribution in [-0.2, 0) is 4.79 Å². The maximum atomic E-state index is 13.2. The molecular weight excluding hydrogens is 360 g/mol. The van der Waals surface area contributed by atoms with Gasteiger partial charge < -0.3 is 10.2 Å². The van der Waals surface area contributed by atoms with Gasteiger partial charge in [-0.05, 0) is 49.4 Å². The average molecular weight is 383 g/mol. The van der Waals surface area contributed by atoms with Gasteiger partial charge in [0.25, 0.3) is 11.8 Å². The molecule has 1 aliphatic heterocycles. The molecule has 0 aromatic heterocycles. The molecule has 0 spiro atoms. The van der Waals surface area contributed by atoms with Crippen LogP contribution in [0.15, 0.2) is 60.3 Å². The summed E-state index contributed by atoms with van der Waals surface area (Å²) in [6.45, 7) is 3.29. The Morgan fingerprint density at radius 2 is 1.56 bits per heavy atom. The SMILES string of the molecule is Cc1ccccc1/C(Cl)=C(\NC(=O)c1ccccc1)C(=O)N1CCCCC1. The fraction of sp³-hybridized carbons (Fsp3) is 0.273. The van der Waals surface area contributed by atoms with Gasteiger partial charge in [0, 0.05) is 18.7 Å². The van der Waals surface area contributed by atoms with Gasteiger partial charge in [-0.25, -0.2) is 0 Å². The van der Waals surface area contributed by atoms with Crippen molar-refractivity contribution >= 4 is 28.4 Å². The minimum absolute atomic E-state index is 0.140. The van der Waals surface area contributed by atoms with E-state index in [2.05, 4.69) is 5.32 Å². The molecule has 27 heavy (non-hydrogen) atoms. The van der Waals surface area contributed by atoms with Gasteiger partial charge >= 0.3 is 0 Å². The Hall–Kier alpha value is -2.59. The number of carbonyl (C=O) groups excluding carboxylic acids is 2. The van der Waals surface area contributed by atoms with Gasteiger partial charge in [-0.15, -0.1) is 0 Å². The Morgan fingerprint density at radius 1 is 0.926 bits per heavy atom. The molecule has 0 saturated carbocycles. The highest BCUT2D eigenvalue weighted by Crippen LogP contribution is 2.27. The van der Waals surface area contributed by atoms with E-state index >= 15 is 0 Å². The van der Waals surface area contributed by atoms with E-state index in [9.17, 15) is 9.59 Å². The highest BCUT2D eigenvalue weighted by Gasteiger charge is 2.25.